The zero-order valence-electron chi connectivity index (χ0n) is 28.2. The molecule has 0 radical (unpaired) electrons. The first kappa shape index (κ1) is 42.3. The van der Waals surface area contributed by atoms with Crippen LogP contribution in [0.15, 0.2) is 0 Å². The van der Waals surface area contributed by atoms with Crippen molar-refractivity contribution in [2.75, 3.05) is 5.75 Å². The Kier molecular flexibility index (Phi) is 29.5. The van der Waals surface area contributed by atoms with Crippen LogP contribution in [0.2, 0.25) is 0 Å². The summed E-state index contributed by atoms with van der Waals surface area (Å²) in [6, 6.07) is -1.14. The van der Waals surface area contributed by atoms with Crippen molar-refractivity contribution >= 4 is 16.0 Å². The second-order valence-electron chi connectivity index (χ2n) is 13.0. The molecule has 0 aromatic carbocycles. The average Bonchev–Trinajstić information content (AvgIpc) is 2.96. The van der Waals surface area contributed by atoms with E-state index in [1.54, 1.807) is 0 Å². The highest BCUT2D eigenvalue weighted by Crippen LogP contribution is 2.16. The molecular weight excluding hydrogens is 562 g/mol. The van der Waals surface area contributed by atoms with Gasteiger partial charge in [-0.1, -0.05) is 181 Å². The molecule has 0 saturated heterocycles. The summed E-state index contributed by atoms with van der Waals surface area (Å²) in [6.07, 6.45) is 29.8. The molecule has 7 nitrogen and oxygen atoms in total. The Balaban J connectivity index is 4.01. The Morgan fingerprint density at radius 2 is 0.837 bits per heavy atom. The Bertz CT molecular complexity index is 717. The number of carbonyl (C=O) groups excluding carboxylic acids is 1. The molecule has 0 aliphatic heterocycles. The lowest BCUT2D eigenvalue weighted by atomic mass is 10.0. The SMILES string of the molecule is CCCCCCCCCCCCCCCCCCC(O)C(CS(=O)(=O)O)NC(=O)C(O)CCCCCCCCCCCC. The molecule has 0 aromatic rings. The number of aliphatic hydroxyl groups is 2. The minimum Gasteiger partial charge on any atom is -0.391 e. The molecule has 0 aliphatic rings. The van der Waals surface area contributed by atoms with E-state index >= 15 is 0 Å². The normalized spacial score (nSPS) is 14.1. The maximum atomic E-state index is 12.5. The van der Waals surface area contributed by atoms with Crippen LogP contribution in [0.3, 0.4) is 0 Å². The zero-order chi connectivity index (χ0) is 32.0. The number of hydrogen-bond donors (Lipinski definition) is 4. The van der Waals surface area contributed by atoms with Gasteiger partial charge in [0.2, 0.25) is 5.91 Å². The van der Waals surface area contributed by atoms with Crippen LogP contribution in [0.1, 0.15) is 194 Å². The molecule has 0 spiro atoms. The van der Waals surface area contributed by atoms with Crippen molar-refractivity contribution in [1.29, 1.82) is 0 Å². The molecule has 0 fully saturated rings. The summed E-state index contributed by atoms with van der Waals surface area (Å²) in [4.78, 5) is 12.5. The highest BCUT2D eigenvalue weighted by Gasteiger charge is 2.28. The monoisotopic (exact) mass is 634 g/mol. The largest absolute Gasteiger partial charge is 0.391 e. The van der Waals surface area contributed by atoms with E-state index in [0.717, 1.165) is 51.4 Å². The number of aliphatic hydroxyl groups excluding tert-OH is 2. The van der Waals surface area contributed by atoms with Crippen molar-refractivity contribution in [3.05, 3.63) is 0 Å². The van der Waals surface area contributed by atoms with Gasteiger partial charge in [-0.05, 0) is 12.8 Å². The van der Waals surface area contributed by atoms with Gasteiger partial charge in [-0.3, -0.25) is 9.35 Å². The predicted octanol–water partition coefficient (Wildman–Crippen LogP) is 9.04. The molecule has 0 heterocycles. The van der Waals surface area contributed by atoms with Crippen LogP contribution < -0.4 is 5.32 Å². The number of carbonyl (C=O) groups is 1. The Labute approximate surface area is 266 Å². The van der Waals surface area contributed by atoms with Gasteiger partial charge in [0.1, 0.15) is 6.10 Å². The quantitative estimate of drug-likeness (QED) is 0.0422. The van der Waals surface area contributed by atoms with Gasteiger partial charge in [-0.15, -0.1) is 0 Å². The van der Waals surface area contributed by atoms with Crippen LogP contribution in [0.25, 0.3) is 0 Å². The molecule has 1 amide bonds. The van der Waals surface area contributed by atoms with Crippen molar-refractivity contribution in [2.24, 2.45) is 0 Å². The first-order chi connectivity index (χ1) is 20.7. The van der Waals surface area contributed by atoms with Crippen LogP contribution in [-0.4, -0.2) is 53.1 Å². The van der Waals surface area contributed by atoms with E-state index < -0.39 is 40.0 Å². The second-order valence-corrected chi connectivity index (χ2v) is 14.5. The summed E-state index contributed by atoms with van der Waals surface area (Å²) < 4.78 is 32.4. The third-order valence-electron chi connectivity index (χ3n) is 8.67. The molecular formula is C35H71NO6S. The summed E-state index contributed by atoms with van der Waals surface area (Å²) in [5.74, 6) is -1.44. The number of nitrogens with one attached hydrogen (secondary N) is 1. The number of amides is 1. The predicted molar refractivity (Wildman–Crippen MR) is 181 cm³/mol. The van der Waals surface area contributed by atoms with Gasteiger partial charge < -0.3 is 15.5 Å². The van der Waals surface area contributed by atoms with Gasteiger partial charge in [-0.2, -0.15) is 8.42 Å². The van der Waals surface area contributed by atoms with E-state index in [2.05, 4.69) is 19.2 Å². The van der Waals surface area contributed by atoms with Crippen LogP contribution in [0.4, 0.5) is 0 Å². The van der Waals surface area contributed by atoms with Gasteiger partial charge in [0, 0.05) is 0 Å². The van der Waals surface area contributed by atoms with E-state index in [9.17, 15) is 28.0 Å². The minimum atomic E-state index is -4.39. The smallest absolute Gasteiger partial charge is 0.266 e. The van der Waals surface area contributed by atoms with Crippen molar-refractivity contribution in [2.45, 2.75) is 212 Å². The molecule has 0 bridgehead atoms. The van der Waals surface area contributed by atoms with E-state index in [4.69, 9.17) is 0 Å². The van der Waals surface area contributed by atoms with Gasteiger partial charge in [0.25, 0.3) is 10.1 Å². The Hall–Kier alpha value is -0.700. The molecule has 0 aromatic heterocycles. The first-order valence-corrected chi connectivity index (χ1v) is 19.9. The van der Waals surface area contributed by atoms with E-state index in [1.165, 1.54) is 116 Å². The number of rotatable bonds is 33. The number of unbranched alkanes of at least 4 members (excludes halogenated alkanes) is 24. The molecule has 258 valence electrons. The fourth-order valence-corrected chi connectivity index (χ4v) is 6.57. The summed E-state index contributed by atoms with van der Waals surface area (Å²) in [6.45, 7) is 4.47. The molecule has 0 saturated carbocycles. The van der Waals surface area contributed by atoms with Crippen molar-refractivity contribution < 1.29 is 28.0 Å². The maximum absolute atomic E-state index is 12.5. The first-order valence-electron chi connectivity index (χ1n) is 18.3. The van der Waals surface area contributed by atoms with Crippen LogP contribution in [0.5, 0.6) is 0 Å². The highest BCUT2D eigenvalue weighted by atomic mass is 32.2. The van der Waals surface area contributed by atoms with Crippen molar-refractivity contribution in [3.8, 4) is 0 Å². The highest BCUT2D eigenvalue weighted by molar-refractivity contribution is 7.85. The fourth-order valence-electron chi connectivity index (χ4n) is 5.81. The number of hydrogen-bond acceptors (Lipinski definition) is 5. The Morgan fingerprint density at radius 1 is 0.535 bits per heavy atom. The molecule has 8 heteroatoms. The molecule has 4 N–H and O–H groups in total. The summed E-state index contributed by atoms with van der Waals surface area (Å²) in [5.41, 5.74) is 0. The van der Waals surface area contributed by atoms with E-state index in [1.807, 2.05) is 0 Å². The van der Waals surface area contributed by atoms with Crippen LogP contribution >= 0.6 is 0 Å². The van der Waals surface area contributed by atoms with Crippen molar-refractivity contribution in [1.82, 2.24) is 5.32 Å². The minimum absolute atomic E-state index is 0.302. The molecule has 0 aliphatic carbocycles. The third kappa shape index (κ3) is 29.8. The van der Waals surface area contributed by atoms with Gasteiger partial charge in [0.05, 0.1) is 17.9 Å². The van der Waals surface area contributed by atoms with E-state index in [-0.39, 0.29) is 0 Å². The summed E-state index contributed by atoms with van der Waals surface area (Å²) in [5, 5.41) is 23.4. The van der Waals surface area contributed by atoms with Gasteiger partial charge in [-0.25, -0.2) is 0 Å². The summed E-state index contributed by atoms with van der Waals surface area (Å²) in [7, 11) is -4.39. The third-order valence-corrected chi connectivity index (χ3v) is 9.45. The topological polar surface area (TPSA) is 124 Å². The molecule has 0 rings (SSSR count). The van der Waals surface area contributed by atoms with Gasteiger partial charge in [0.15, 0.2) is 0 Å². The zero-order valence-corrected chi connectivity index (χ0v) is 29.0. The lowest BCUT2D eigenvalue weighted by molar-refractivity contribution is -0.131. The Morgan fingerprint density at radius 3 is 1.16 bits per heavy atom. The van der Waals surface area contributed by atoms with Crippen molar-refractivity contribution in [3.63, 3.8) is 0 Å². The maximum Gasteiger partial charge on any atom is 0.266 e. The lowest BCUT2D eigenvalue weighted by Gasteiger charge is -2.24. The molecule has 3 unspecified atom stereocenters. The average molecular weight is 634 g/mol. The van der Waals surface area contributed by atoms with Crippen LogP contribution in [-0.2, 0) is 14.9 Å². The molecule has 43 heavy (non-hydrogen) atoms. The second kappa shape index (κ2) is 30.0. The standard InChI is InChI=1S/C35H71NO6S/c1-3-5-7-9-11-13-15-16-17-18-19-20-22-23-25-27-29-33(37)32(31-43(40,41)42)36-35(39)34(38)30-28-26-24-21-14-12-10-8-6-4-2/h32-34,37-38H,3-31H2,1-2H3,(H,36,39)(H,40,41,42). The van der Waals surface area contributed by atoms with Crippen LogP contribution in [0, 0.1) is 0 Å². The molecule has 3 atom stereocenters. The lowest BCUT2D eigenvalue weighted by Crippen LogP contribution is -2.50. The summed E-state index contributed by atoms with van der Waals surface area (Å²) >= 11 is 0. The fraction of sp³-hybridized carbons (Fsp3) is 0.971. The van der Waals surface area contributed by atoms with E-state index in [0.29, 0.717) is 12.8 Å². The van der Waals surface area contributed by atoms with Gasteiger partial charge >= 0.3 is 0 Å².